The molecule has 1 amide bonds. The first-order chi connectivity index (χ1) is 18.3. The number of aromatic nitrogens is 3. The highest BCUT2D eigenvalue weighted by Gasteiger charge is 2.17. The van der Waals surface area contributed by atoms with Crippen molar-refractivity contribution in [1.29, 1.82) is 0 Å². The number of amides is 1. The Balaban J connectivity index is 1.29. The van der Waals surface area contributed by atoms with E-state index < -0.39 is 5.91 Å². The van der Waals surface area contributed by atoms with Crippen LogP contribution in [0.25, 0.3) is 28.0 Å². The summed E-state index contributed by atoms with van der Waals surface area (Å²) in [5, 5.41) is 15.7. The van der Waals surface area contributed by atoms with Gasteiger partial charge in [0.1, 0.15) is 22.5 Å². The van der Waals surface area contributed by atoms with Crippen molar-refractivity contribution in [2.75, 3.05) is 11.9 Å². The number of aryl methyl sites for hydroxylation is 1. The molecule has 192 valence electrons. The average molecular weight is 566 g/mol. The number of anilines is 1. The van der Waals surface area contributed by atoms with Gasteiger partial charge in [0.15, 0.2) is 10.9 Å². The summed E-state index contributed by atoms with van der Waals surface area (Å²) in [5.41, 5.74) is 4.34. The molecular formula is C27H21Cl2N5O3S. The first-order valence-corrected chi connectivity index (χ1v) is 12.8. The van der Waals surface area contributed by atoms with Crippen LogP contribution >= 0.6 is 35.4 Å². The van der Waals surface area contributed by atoms with Crippen LogP contribution in [0.5, 0.6) is 5.75 Å². The summed E-state index contributed by atoms with van der Waals surface area (Å²) in [6.07, 6.45) is 0. The van der Waals surface area contributed by atoms with Gasteiger partial charge in [-0.1, -0.05) is 29.3 Å². The number of nitrogens with zero attached hydrogens (tertiary/aromatic N) is 3. The molecular weight excluding hydrogens is 545 g/mol. The zero-order valence-electron chi connectivity index (χ0n) is 20.3. The SMILES string of the molecule is CCOc1ccc(-n2nc3cc(C)c(NC(=S)NC(=O)c4ccc(-c5cccc(Cl)c5Cl)o4)cc3n2)cc1. The molecule has 0 aliphatic rings. The number of hydrogen-bond acceptors (Lipinski definition) is 6. The monoisotopic (exact) mass is 565 g/mol. The van der Waals surface area contributed by atoms with Crippen molar-refractivity contribution in [3.63, 3.8) is 0 Å². The number of nitrogens with one attached hydrogen (secondary N) is 2. The molecule has 5 rings (SSSR count). The van der Waals surface area contributed by atoms with Gasteiger partial charge in [-0.3, -0.25) is 10.1 Å². The molecule has 8 nitrogen and oxygen atoms in total. The quantitative estimate of drug-likeness (QED) is 0.218. The molecule has 0 saturated carbocycles. The second-order valence-electron chi connectivity index (χ2n) is 8.25. The molecule has 0 unspecified atom stereocenters. The molecule has 2 heterocycles. The van der Waals surface area contributed by atoms with Crippen molar-refractivity contribution in [2.24, 2.45) is 0 Å². The van der Waals surface area contributed by atoms with E-state index in [1.807, 2.05) is 50.2 Å². The number of benzene rings is 3. The van der Waals surface area contributed by atoms with E-state index in [1.54, 1.807) is 35.1 Å². The molecule has 2 N–H and O–H groups in total. The minimum atomic E-state index is -0.507. The van der Waals surface area contributed by atoms with Gasteiger partial charge in [-0.2, -0.15) is 4.80 Å². The smallest absolute Gasteiger partial charge is 0.293 e. The van der Waals surface area contributed by atoms with Gasteiger partial charge < -0.3 is 14.5 Å². The van der Waals surface area contributed by atoms with Crippen molar-refractivity contribution in [2.45, 2.75) is 13.8 Å². The Kier molecular flexibility index (Phi) is 7.33. The van der Waals surface area contributed by atoms with Crippen LogP contribution in [0.15, 0.2) is 71.1 Å². The van der Waals surface area contributed by atoms with Crippen molar-refractivity contribution in [1.82, 2.24) is 20.3 Å². The van der Waals surface area contributed by atoms with E-state index in [2.05, 4.69) is 20.8 Å². The predicted octanol–water partition coefficient (Wildman–Crippen LogP) is 6.82. The van der Waals surface area contributed by atoms with E-state index in [-0.39, 0.29) is 10.9 Å². The summed E-state index contributed by atoms with van der Waals surface area (Å²) >= 11 is 17.7. The van der Waals surface area contributed by atoms with Gasteiger partial charge in [-0.25, -0.2) is 0 Å². The third kappa shape index (κ3) is 5.35. The molecule has 0 spiro atoms. The number of hydrogen-bond donors (Lipinski definition) is 2. The number of carbonyl (C=O) groups excluding carboxylic acids is 1. The summed E-state index contributed by atoms with van der Waals surface area (Å²) in [6.45, 7) is 4.45. The number of thiocarbonyl (C=S) groups is 1. The topological polar surface area (TPSA) is 94.2 Å². The lowest BCUT2D eigenvalue weighted by Gasteiger charge is -2.11. The molecule has 0 fully saturated rings. The van der Waals surface area contributed by atoms with Crippen LogP contribution in [0.2, 0.25) is 10.0 Å². The van der Waals surface area contributed by atoms with Crippen molar-refractivity contribution < 1.29 is 13.9 Å². The minimum Gasteiger partial charge on any atom is -0.494 e. The molecule has 0 saturated heterocycles. The molecule has 0 bridgehead atoms. The molecule has 11 heteroatoms. The first kappa shape index (κ1) is 25.7. The van der Waals surface area contributed by atoms with Gasteiger partial charge in [0.25, 0.3) is 5.91 Å². The Labute approximate surface area is 233 Å². The van der Waals surface area contributed by atoms with E-state index >= 15 is 0 Å². The van der Waals surface area contributed by atoms with Crippen molar-refractivity contribution >= 4 is 63.2 Å². The van der Waals surface area contributed by atoms with Crippen LogP contribution in [-0.2, 0) is 0 Å². The largest absolute Gasteiger partial charge is 0.494 e. The number of ether oxygens (including phenoxy) is 1. The van der Waals surface area contributed by atoms with E-state index in [0.29, 0.717) is 39.2 Å². The fraction of sp³-hybridized carbons (Fsp3) is 0.111. The number of rotatable bonds is 6. The second kappa shape index (κ2) is 10.8. The molecule has 3 aromatic carbocycles. The summed E-state index contributed by atoms with van der Waals surface area (Å²) in [4.78, 5) is 14.3. The maximum Gasteiger partial charge on any atom is 0.293 e. The van der Waals surface area contributed by atoms with Crippen LogP contribution in [0, 0.1) is 6.92 Å². The molecule has 0 atom stereocenters. The molecule has 2 aromatic heterocycles. The van der Waals surface area contributed by atoms with Crippen LogP contribution in [0.4, 0.5) is 5.69 Å². The van der Waals surface area contributed by atoms with Crippen LogP contribution in [0.3, 0.4) is 0 Å². The lowest BCUT2D eigenvalue weighted by molar-refractivity contribution is 0.0951. The van der Waals surface area contributed by atoms with E-state index in [9.17, 15) is 4.79 Å². The van der Waals surface area contributed by atoms with Gasteiger partial charge in [-0.15, -0.1) is 10.2 Å². The fourth-order valence-corrected chi connectivity index (χ4v) is 4.37. The van der Waals surface area contributed by atoms with Crippen LogP contribution in [-0.4, -0.2) is 32.6 Å². The highest BCUT2D eigenvalue weighted by atomic mass is 35.5. The fourth-order valence-electron chi connectivity index (χ4n) is 3.78. The number of furan rings is 1. The lowest BCUT2D eigenvalue weighted by atomic mass is 10.2. The van der Waals surface area contributed by atoms with Gasteiger partial charge >= 0.3 is 0 Å². The van der Waals surface area contributed by atoms with Crippen LogP contribution in [0.1, 0.15) is 23.0 Å². The average Bonchev–Trinajstić information content (AvgIpc) is 3.54. The van der Waals surface area contributed by atoms with Crippen molar-refractivity contribution in [3.8, 4) is 22.8 Å². The zero-order chi connectivity index (χ0) is 26.8. The molecule has 0 aliphatic heterocycles. The van der Waals surface area contributed by atoms with E-state index in [4.69, 9.17) is 44.6 Å². The van der Waals surface area contributed by atoms with E-state index in [0.717, 1.165) is 22.5 Å². The maximum absolute atomic E-state index is 12.7. The van der Waals surface area contributed by atoms with Gasteiger partial charge in [-0.05, 0) is 92.3 Å². The maximum atomic E-state index is 12.7. The Bertz CT molecular complexity index is 1660. The normalized spacial score (nSPS) is 10.9. The van der Waals surface area contributed by atoms with Crippen molar-refractivity contribution in [3.05, 3.63) is 88.1 Å². The van der Waals surface area contributed by atoms with Gasteiger partial charge in [0.05, 0.1) is 22.3 Å². The van der Waals surface area contributed by atoms with Crippen LogP contribution < -0.4 is 15.4 Å². The Morgan fingerprint density at radius 2 is 1.79 bits per heavy atom. The Morgan fingerprint density at radius 3 is 2.53 bits per heavy atom. The summed E-state index contributed by atoms with van der Waals surface area (Å²) in [7, 11) is 0. The predicted molar refractivity (Wildman–Crippen MR) is 153 cm³/mol. The van der Waals surface area contributed by atoms with Gasteiger partial charge in [0, 0.05) is 11.3 Å². The number of fused-ring (bicyclic) bond motifs is 1. The first-order valence-electron chi connectivity index (χ1n) is 11.6. The third-order valence-electron chi connectivity index (χ3n) is 5.63. The third-order valence-corrected chi connectivity index (χ3v) is 6.65. The molecule has 0 aliphatic carbocycles. The molecule has 0 radical (unpaired) electrons. The Hall–Kier alpha value is -3.92. The highest BCUT2D eigenvalue weighted by molar-refractivity contribution is 7.80. The second-order valence-corrected chi connectivity index (χ2v) is 9.44. The lowest BCUT2D eigenvalue weighted by Crippen LogP contribution is -2.34. The summed E-state index contributed by atoms with van der Waals surface area (Å²) in [5.74, 6) is 0.765. The molecule has 38 heavy (non-hydrogen) atoms. The summed E-state index contributed by atoms with van der Waals surface area (Å²) in [6, 6.07) is 19.6. The minimum absolute atomic E-state index is 0.0747. The van der Waals surface area contributed by atoms with Gasteiger partial charge in [0.2, 0.25) is 0 Å². The Morgan fingerprint density at radius 1 is 1.05 bits per heavy atom. The zero-order valence-corrected chi connectivity index (χ0v) is 22.6. The standard InChI is InChI=1S/C27H21Cl2N5O3S/c1-3-36-17-9-7-16(8-10-17)34-32-21-13-15(2)20(14-22(21)33-34)30-27(38)31-26(35)24-12-11-23(37-24)18-5-4-6-19(28)25(18)29/h4-14H,3H2,1-2H3,(H2,30,31,35,38). The molecule has 5 aromatic rings. The number of halogens is 2. The number of carbonyl (C=O) groups is 1. The highest BCUT2D eigenvalue weighted by Crippen LogP contribution is 2.34. The van der Waals surface area contributed by atoms with E-state index in [1.165, 1.54) is 0 Å². The summed E-state index contributed by atoms with van der Waals surface area (Å²) < 4.78 is 11.2.